The molecule has 0 N–H and O–H groups in total. The van der Waals surface area contributed by atoms with Crippen molar-refractivity contribution in [3.05, 3.63) is 53.6 Å². The van der Waals surface area contributed by atoms with E-state index in [-0.39, 0.29) is 10.3 Å². The third kappa shape index (κ3) is 4.26. The average Bonchev–Trinajstić information content (AvgIpc) is 2.66. The largest absolute Gasteiger partial charge is 0.468 e. The number of methoxy groups -OCH3 is 1. The molecule has 1 aliphatic carbocycles. The number of hydrogen-bond donors (Lipinski definition) is 0. The highest BCUT2D eigenvalue weighted by molar-refractivity contribution is 7.89. The molecule has 1 fully saturated rings. The lowest BCUT2D eigenvalue weighted by molar-refractivity contribution is -0.149. The smallest absolute Gasteiger partial charge is 0.324 e. The molecule has 30 heavy (non-hydrogen) atoms. The second-order valence-corrected chi connectivity index (χ2v) is 11.4. The maximum atomic E-state index is 13.4. The molecule has 0 spiro atoms. The summed E-state index contributed by atoms with van der Waals surface area (Å²) >= 11 is 0. The molecule has 1 heterocycles. The van der Waals surface area contributed by atoms with E-state index in [0.29, 0.717) is 12.3 Å². The highest BCUT2D eigenvalue weighted by Gasteiger charge is 2.52. The maximum absolute atomic E-state index is 13.4. The molecule has 0 amide bonds. The van der Waals surface area contributed by atoms with E-state index in [2.05, 4.69) is 33.4 Å². The van der Waals surface area contributed by atoms with E-state index in [1.165, 1.54) is 11.4 Å². The van der Waals surface area contributed by atoms with E-state index in [0.717, 1.165) is 36.0 Å². The van der Waals surface area contributed by atoms with Gasteiger partial charge in [0, 0.05) is 0 Å². The molecule has 0 aromatic heterocycles. The van der Waals surface area contributed by atoms with Gasteiger partial charge in [0.2, 0.25) is 10.0 Å². The lowest BCUT2D eigenvalue weighted by Gasteiger charge is -2.47. The van der Waals surface area contributed by atoms with Gasteiger partial charge in [-0.15, -0.1) is 0 Å². The number of allylic oxidation sites excluding steroid dienone is 1. The van der Waals surface area contributed by atoms with E-state index in [9.17, 15) is 13.2 Å². The Morgan fingerprint density at radius 2 is 1.80 bits per heavy atom. The molecule has 0 radical (unpaired) electrons. The van der Waals surface area contributed by atoms with Crippen molar-refractivity contribution in [2.24, 2.45) is 11.3 Å². The van der Waals surface area contributed by atoms with E-state index in [4.69, 9.17) is 4.74 Å². The van der Waals surface area contributed by atoms with Crippen molar-refractivity contribution in [2.45, 2.75) is 70.4 Å². The van der Waals surface area contributed by atoms with E-state index < -0.39 is 28.1 Å². The van der Waals surface area contributed by atoms with Crippen molar-refractivity contribution < 1.29 is 17.9 Å². The molecule has 6 heteroatoms. The van der Waals surface area contributed by atoms with E-state index >= 15 is 0 Å². The second kappa shape index (κ2) is 8.31. The third-order valence-electron chi connectivity index (χ3n) is 6.58. The summed E-state index contributed by atoms with van der Waals surface area (Å²) in [6.07, 6.45) is 5.53. The quantitative estimate of drug-likeness (QED) is 0.638. The van der Waals surface area contributed by atoms with Gasteiger partial charge in [-0.1, -0.05) is 51.1 Å². The molecular formula is C24H33NO4S. The first-order chi connectivity index (χ1) is 14.0. The van der Waals surface area contributed by atoms with Crippen molar-refractivity contribution in [3.8, 4) is 0 Å². The van der Waals surface area contributed by atoms with Gasteiger partial charge in [-0.3, -0.25) is 4.79 Å². The van der Waals surface area contributed by atoms with Crippen molar-refractivity contribution in [3.63, 3.8) is 0 Å². The number of rotatable bonds is 5. The van der Waals surface area contributed by atoms with Crippen molar-refractivity contribution in [2.75, 3.05) is 7.11 Å². The zero-order chi connectivity index (χ0) is 22.3. The molecule has 1 saturated heterocycles. The molecule has 1 aromatic rings. The lowest BCUT2D eigenvalue weighted by Crippen LogP contribution is -2.62. The summed E-state index contributed by atoms with van der Waals surface area (Å²) in [6, 6.07) is 5.47. The molecular weight excluding hydrogens is 398 g/mol. The van der Waals surface area contributed by atoms with Gasteiger partial charge in [0.05, 0.1) is 18.0 Å². The summed E-state index contributed by atoms with van der Waals surface area (Å²) in [7, 11) is -2.56. The summed E-state index contributed by atoms with van der Waals surface area (Å²) in [5.41, 5.74) is 3.14. The monoisotopic (exact) mass is 431 g/mol. The average molecular weight is 432 g/mol. The fraction of sp³-hybridized carbons (Fsp3) is 0.542. The molecule has 1 aromatic carbocycles. The fourth-order valence-corrected chi connectivity index (χ4v) is 6.20. The van der Waals surface area contributed by atoms with Gasteiger partial charge in [-0.05, 0) is 67.2 Å². The van der Waals surface area contributed by atoms with Crippen LogP contribution in [-0.4, -0.2) is 37.9 Å². The van der Waals surface area contributed by atoms with Crippen LogP contribution in [-0.2, 0) is 19.6 Å². The van der Waals surface area contributed by atoms with Gasteiger partial charge in [0.25, 0.3) is 0 Å². The van der Waals surface area contributed by atoms with E-state index in [1.807, 2.05) is 6.92 Å². The predicted octanol–water partition coefficient (Wildman–Crippen LogP) is 4.63. The highest BCUT2D eigenvalue weighted by Crippen LogP contribution is 2.43. The number of nitrogens with zero attached hydrogens (tertiary/aromatic N) is 1. The number of carbonyl (C=O) groups is 1. The topological polar surface area (TPSA) is 63.7 Å². The molecule has 0 saturated carbocycles. The molecule has 3 atom stereocenters. The van der Waals surface area contributed by atoms with Crippen molar-refractivity contribution in [1.29, 1.82) is 0 Å². The second-order valence-electron chi connectivity index (χ2n) is 9.53. The van der Waals surface area contributed by atoms with Gasteiger partial charge in [0.15, 0.2) is 0 Å². The number of esters is 1. The first-order valence-electron chi connectivity index (χ1n) is 10.5. The minimum atomic E-state index is -3.85. The van der Waals surface area contributed by atoms with Gasteiger partial charge < -0.3 is 4.74 Å². The van der Waals surface area contributed by atoms with Crippen LogP contribution in [0.25, 0.3) is 0 Å². The van der Waals surface area contributed by atoms with Crippen molar-refractivity contribution >= 4 is 16.0 Å². The van der Waals surface area contributed by atoms with Crippen LogP contribution < -0.4 is 0 Å². The maximum Gasteiger partial charge on any atom is 0.324 e. The van der Waals surface area contributed by atoms with Crippen LogP contribution in [0.1, 0.15) is 52.0 Å². The SMILES string of the molecule is C=C(C1=CCC(C(C)(C)C)CC1)[C@@H]1C[C@H](C(=O)OC)N1S(=O)(=O)c1ccc(C)cc1. The third-order valence-corrected chi connectivity index (χ3v) is 8.51. The Balaban J connectivity index is 1.87. The number of sulfonamides is 1. The first-order valence-corrected chi connectivity index (χ1v) is 12.0. The standard InChI is InChI=1S/C24H33NO4S/c1-16-7-13-20(14-8-16)30(27,28)25-21(15-22(25)23(26)29-6)17(2)18-9-11-19(12-10-18)24(3,4)5/h7-9,13-14,19,21-22H,2,10-12,15H2,1,3-6H3/t19?,21-,22+/m0/s1. The van der Waals surface area contributed by atoms with Crippen LogP contribution in [0.3, 0.4) is 0 Å². The first kappa shape index (κ1) is 22.8. The Kier molecular flexibility index (Phi) is 6.30. The van der Waals surface area contributed by atoms with Crippen LogP contribution in [0.4, 0.5) is 0 Å². The molecule has 5 nitrogen and oxygen atoms in total. The summed E-state index contributed by atoms with van der Waals surface area (Å²) in [4.78, 5) is 12.4. The normalized spacial score (nSPS) is 25.2. The Hall–Kier alpha value is -1.92. The van der Waals surface area contributed by atoms with Crippen LogP contribution in [0.2, 0.25) is 0 Å². The van der Waals surface area contributed by atoms with Crippen molar-refractivity contribution in [1.82, 2.24) is 4.31 Å². The lowest BCUT2D eigenvalue weighted by atomic mass is 9.71. The summed E-state index contributed by atoms with van der Waals surface area (Å²) < 4.78 is 33.0. The van der Waals surface area contributed by atoms with E-state index in [1.54, 1.807) is 24.3 Å². The zero-order valence-corrected chi connectivity index (χ0v) is 19.5. The zero-order valence-electron chi connectivity index (χ0n) is 18.6. The Bertz CT molecular complexity index is 954. The number of ether oxygens (including phenoxy) is 1. The van der Waals surface area contributed by atoms with Crippen LogP contribution in [0, 0.1) is 18.3 Å². The fourth-order valence-electron chi connectivity index (χ4n) is 4.42. The minimum absolute atomic E-state index is 0.185. The van der Waals surface area contributed by atoms with Gasteiger partial charge >= 0.3 is 5.97 Å². The summed E-state index contributed by atoms with van der Waals surface area (Å²) in [5, 5.41) is 0. The summed E-state index contributed by atoms with van der Waals surface area (Å²) in [5.74, 6) is 0.0748. The number of benzene rings is 1. The van der Waals surface area contributed by atoms with Crippen LogP contribution >= 0.6 is 0 Å². The predicted molar refractivity (Wildman–Crippen MR) is 118 cm³/mol. The number of carbonyl (C=O) groups excluding carboxylic acids is 1. The highest BCUT2D eigenvalue weighted by atomic mass is 32.2. The minimum Gasteiger partial charge on any atom is -0.468 e. The van der Waals surface area contributed by atoms with Gasteiger partial charge in [0.1, 0.15) is 6.04 Å². The van der Waals surface area contributed by atoms with Crippen LogP contribution in [0.15, 0.2) is 53.0 Å². The Morgan fingerprint density at radius 1 is 1.17 bits per heavy atom. The summed E-state index contributed by atoms with van der Waals surface area (Å²) in [6.45, 7) is 12.9. The molecule has 1 unspecified atom stereocenters. The molecule has 1 aliphatic heterocycles. The van der Waals surface area contributed by atoms with Crippen LogP contribution in [0.5, 0.6) is 0 Å². The Morgan fingerprint density at radius 3 is 2.30 bits per heavy atom. The molecule has 0 bridgehead atoms. The number of hydrogen-bond acceptors (Lipinski definition) is 4. The van der Waals surface area contributed by atoms with Gasteiger partial charge in [-0.25, -0.2) is 8.42 Å². The molecule has 164 valence electrons. The molecule has 3 rings (SSSR count). The Labute approximate surface area is 180 Å². The van der Waals surface area contributed by atoms with Gasteiger partial charge in [-0.2, -0.15) is 4.31 Å². The molecule has 2 aliphatic rings. The number of aryl methyl sites for hydroxylation is 1.